The van der Waals surface area contributed by atoms with Crippen molar-refractivity contribution in [2.24, 2.45) is 0 Å². The Balaban J connectivity index is 1.86. The summed E-state index contributed by atoms with van der Waals surface area (Å²) < 4.78 is 22.7. The molecule has 0 aliphatic heterocycles. The van der Waals surface area contributed by atoms with Crippen LogP contribution in [0.3, 0.4) is 0 Å². The Morgan fingerprint density at radius 2 is 1.62 bits per heavy atom. The van der Waals surface area contributed by atoms with Gasteiger partial charge in [-0.05, 0) is 7.05 Å². The van der Waals surface area contributed by atoms with Crippen LogP contribution in [0.25, 0.3) is 0 Å². The van der Waals surface area contributed by atoms with Gasteiger partial charge in [-0.1, -0.05) is 5.21 Å². The van der Waals surface area contributed by atoms with E-state index in [-0.39, 0.29) is 0 Å². The summed E-state index contributed by atoms with van der Waals surface area (Å²) in [6, 6.07) is 0. The van der Waals surface area contributed by atoms with Crippen LogP contribution in [0.4, 0.5) is 0 Å². The Bertz CT molecular complexity index is 349. The first-order valence-electron chi connectivity index (χ1n) is 7.12. The highest BCUT2D eigenvalue weighted by Gasteiger charge is 1.99. The van der Waals surface area contributed by atoms with Gasteiger partial charge in [0, 0.05) is 19.9 Å². The predicted molar refractivity (Wildman–Crippen MR) is 77.1 cm³/mol. The van der Waals surface area contributed by atoms with Crippen molar-refractivity contribution in [3.63, 3.8) is 0 Å². The molecule has 8 heteroatoms. The summed E-state index contributed by atoms with van der Waals surface area (Å²) in [4.78, 5) is 0. The average Bonchev–Trinajstić information content (AvgIpc) is 2.93. The van der Waals surface area contributed by atoms with E-state index in [2.05, 4.69) is 15.6 Å². The van der Waals surface area contributed by atoms with Crippen LogP contribution < -0.4 is 5.32 Å². The fourth-order valence-corrected chi connectivity index (χ4v) is 1.55. The van der Waals surface area contributed by atoms with Gasteiger partial charge in [0.15, 0.2) is 0 Å². The summed E-state index contributed by atoms with van der Waals surface area (Å²) in [7, 11) is 3.53. The van der Waals surface area contributed by atoms with Crippen LogP contribution in [0.5, 0.6) is 0 Å². The molecule has 0 fully saturated rings. The smallest absolute Gasteiger partial charge is 0.0964 e. The number of ether oxygens (including phenoxy) is 4. The maximum absolute atomic E-state index is 5.46. The third-order valence-electron chi connectivity index (χ3n) is 2.58. The van der Waals surface area contributed by atoms with E-state index in [4.69, 9.17) is 18.9 Å². The molecule has 1 rings (SSSR count). The second-order valence-electron chi connectivity index (χ2n) is 4.33. The Morgan fingerprint density at radius 1 is 1.00 bits per heavy atom. The van der Waals surface area contributed by atoms with E-state index in [1.54, 1.807) is 11.8 Å². The summed E-state index contributed by atoms with van der Waals surface area (Å²) >= 11 is 0. The van der Waals surface area contributed by atoms with Crippen molar-refractivity contribution in [1.29, 1.82) is 0 Å². The number of aromatic nitrogens is 3. The molecular formula is C13H26N4O4. The number of rotatable bonds is 14. The predicted octanol–water partition coefficient (Wildman–Crippen LogP) is -0.306. The molecule has 8 nitrogen and oxygen atoms in total. The second kappa shape index (κ2) is 12.7. The quantitative estimate of drug-likeness (QED) is 0.472. The molecule has 1 aromatic heterocycles. The SMILES string of the molecule is CNCc1cn(CCOCCOCCOCCOC)nn1. The standard InChI is InChI=1S/C13H26N4O4/c1-14-11-13-12-17(16-15-13)3-4-19-7-8-21-10-9-20-6-5-18-2/h12,14H,3-11H2,1-2H3. The van der Waals surface area contributed by atoms with Crippen molar-refractivity contribution in [1.82, 2.24) is 20.3 Å². The molecule has 0 aliphatic carbocycles. The Hall–Kier alpha value is -1.06. The molecule has 0 bridgehead atoms. The first-order valence-corrected chi connectivity index (χ1v) is 7.12. The zero-order chi connectivity index (χ0) is 15.2. The van der Waals surface area contributed by atoms with Crippen molar-refractivity contribution in [3.8, 4) is 0 Å². The maximum atomic E-state index is 5.46. The largest absolute Gasteiger partial charge is 0.382 e. The van der Waals surface area contributed by atoms with E-state index in [9.17, 15) is 0 Å². The minimum Gasteiger partial charge on any atom is -0.382 e. The van der Waals surface area contributed by atoms with Crippen LogP contribution in [0.2, 0.25) is 0 Å². The average molecular weight is 302 g/mol. The molecular weight excluding hydrogens is 276 g/mol. The van der Waals surface area contributed by atoms with E-state index in [1.807, 2.05) is 13.2 Å². The molecule has 0 aromatic carbocycles. The lowest BCUT2D eigenvalue weighted by atomic mass is 10.5. The Morgan fingerprint density at radius 3 is 2.24 bits per heavy atom. The third-order valence-corrected chi connectivity index (χ3v) is 2.58. The van der Waals surface area contributed by atoms with Gasteiger partial charge in [0.1, 0.15) is 0 Å². The number of methoxy groups -OCH3 is 1. The van der Waals surface area contributed by atoms with Crippen molar-refractivity contribution in [3.05, 3.63) is 11.9 Å². The lowest BCUT2D eigenvalue weighted by molar-refractivity contribution is 0.00244. The third kappa shape index (κ3) is 9.48. The van der Waals surface area contributed by atoms with E-state index in [0.717, 1.165) is 12.2 Å². The lowest BCUT2D eigenvalue weighted by Crippen LogP contribution is -2.13. The van der Waals surface area contributed by atoms with E-state index >= 15 is 0 Å². The lowest BCUT2D eigenvalue weighted by Gasteiger charge is -2.06. The first kappa shape index (κ1) is 18.0. The van der Waals surface area contributed by atoms with Crippen LogP contribution in [0.15, 0.2) is 6.20 Å². The molecule has 0 unspecified atom stereocenters. The van der Waals surface area contributed by atoms with Crippen molar-refractivity contribution < 1.29 is 18.9 Å². The topological polar surface area (TPSA) is 79.7 Å². The Kier molecular flexibility index (Phi) is 10.8. The summed E-state index contributed by atoms with van der Waals surface area (Å²) in [5.41, 5.74) is 0.925. The van der Waals surface area contributed by atoms with Gasteiger partial charge < -0.3 is 24.3 Å². The summed E-state index contributed by atoms with van der Waals surface area (Å²) in [6.45, 7) is 5.51. The first-order chi connectivity index (χ1) is 10.4. The van der Waals surface area contributed by atoms with Crippen LogP contribution in [-0.2, 0) is 32.0 Å². The number of hydrogen-bond acceptors (Lipinski definition) is 7. The number of hydrogen-bond donors (Lipinski definition) is 1. The van der Waals surface area contributed by atoms with Gasteiger partial charge in [0.2, 0.25) is 0 Å². The van der Waals surface area contributed by atoms with Gasteiger partial charge in [0.25, 0.3) is 0 Å². The fraction of sp³-hybridized carbons (Fsp3) is 0.846. The van der Waals surface area contributed by atoms with Gasteiger partial charge >= 0.3 is 0 Å². The molecule has 0 radical (unpaired) electrons. The molecule has 0 saturated carbocycles. The number of nitrogens with zero attached hydrogens (tertiary/aromatic N) is 3. The second-order valence-corrected chi connectivity index (χ2v) is 4.33. The summed E-state index contributed by atoms with van der Waals surface area (Å²) in [5, 5.41) is 11.1. The fourth-order valence-electron chi connectivity index (χ4n) is 1.55. The maximum Gasteiger partial charge on any atom is 0.0964 e. The number of nitrogens with one attached hydrogen (secondary N) is 1. The highest BCUT2D eigenvalue weighted by atomic mass is 16.6. The molecule has 122 valence electrons. The molecule has 1 heterocycles. The molecule has 0 atom stereocenters. The molecule has 0 amide bonds. The van der Waals surface area contributed by atoms with E-state index in [0.29, 0.717) is 52.8 Å². The van der Waals surface area contributed by atoms with Crippen LogP contribution in [0.1, 0.15) is 5.69 Å². The molecule has 21 heavy (non-hydrogen) atoms. The van der Waals surface area contributed by atoms with Gasteiger partial charge in [-0.25, -0.2) is 4.68 Å². The van der Waals surface area contributed by atoms with Crippen LogP contribution >= 0.6 is 0 Å². The zero-order valence-electron chi connectivity index (χ0n) is 12.9. The van der Waals surface area contributed by atoms with Crippen LogP contribution in [0, 0.1) is 0 Å². The van der Waals surface area contributed by atoms with Gasteiger partial charge in [-0.15, -0.1) is 5.10 Å². The van der Waals surface area contributed by atoms with Gasteiger partial charge in [0.05, 0.1) is 58.5 Å². The summed E-state index contributed by atoms with van der Waals surface area (Å²) in [6.07, 6.45) is 1.91. The summed E-state index contributed by atoms with van der Waals surface area (Å²) in [5.74, 6) is 0. The van der Waals surface area contributed by atoms with E-state index in [1.165, 1.54) is 0 Å². The monoisotopic (exact) mass is 302 g/mol. The van der Waals surface area contributed by atoms with Crippen molar-refractivity contribution in [2.45, 2.75) is 13.1 Å². The van der Waals surface area contributed by atoms with Gasteiger partial charge in [-0.2, -0.15) is 0 Å². The van der Waals surface area contributed by atoms with Crippen molar-refractivity contribution >= 4 is 0 Å². The minimum atomic E-state index is 0.565. The van der Waals surface area contributed by atoms with Crippen molar-refractivity contribution in [2.75, 3.05) is 60.4 Å². The normalized spacial score (nSPS) is 11.1. The molecule has 0 saturated heterocycles. The zero-order valence-corrected chi connectivity index (χ0v) is 12.9. The van der Waals surface area contributed by atoms with E-state index < -0.39 is 0 Å². The van der Waals surface area contributed by atoms with Crippen LogP contribution in [-0.4, -0.2) is 75.4 Å². The molecule has 0 spiro atoms. The molecule has 1 aromatic rings. The molecule has 1 N–H and O–H groups in total. The van der Waals surface area contributed by atoms with Gasteiger partial charge in [-0.3, -0.25) is 0 Å². The highest BCUT2D eigenvalue weighted by molar-refractivity contribution is 4.90. The minimum absolute atomic E-state index is 0.565. The molecule has 0 aliphatic rings. The highest BCUT2D eigenvalue weighted by Crippen LogP contribution is 1.92. The Labute approximate surface area is 125 Å².